The zero-order valence-corrected chi connectivity index (χ0v) is 10.7. The van der Waals surface area contributed by atoms with Crippen LogP contribution in [0.15, 0.2) is 23.1 Å². The van der Waals surface area contributed by atoms with Gasteiger partial charge in [0.1, 0.15) is 0 Å². The number of thiophene rings is 1. The minimum absolute atomic E-state index is 0.344. The summed E-state index contributed by atoms with van der Waals surface area (Å²) in [5, 5.41) is 9.74. The van der Waals surface area contributed by atoms with Crippen molar-refractivity contribution in [2.75, 3.05) is 0 Å². The van der Waals surface area contributed by atoms with Crippen molar-refractivity contribution in [1.29, 1.82) is 0 Å². The van der Waals surface area contributed by atoms with Gasteiger partial charge in [0.25, 0.3) is 0 Å². The number of halogens is 1. The van der Waals surface area contributed by atoms with Gasteiger partial charge in [-0.2, -0.15) is 0 Å². The van der Waals surface area contributed by atoms with Crippen LogP contribution in [0.2, 0.25) is 0 Å². The van der Waals surface area contributed by atoms with Gasteiger partial charge in [-0.05, 0) is 40.8 Å². The summed E-state index contributed by atoms with van der Waals surface area (Å²) in [6, 6.07) is 5.20. The molecule has 0 aliphatic carbocycles. The maximum Gasteiger partial charge on any atom is 0.336 e. The van der Waals surface area contributed by atoms with E-state index in [1.165, 1.54) is 0 Å². The van der Waals surface area contributed by atoms with Gasteiger partial charge in [-0.1, -0.05) is 0 Å². The molecule has 2 rings (SSSR count). The molecule has 0 atom stereocenters. The van der Waals surface area contributed by atoms with E-state index >= 15 is 0 Å². The fourth-order valence-corrected chi connectivity index (χ4v) is 3.39. The molecule has 0 radical (unpaired) electrons. The van der Waals surface area contributed by atoms with E-state index < -0.39 is 5.97 Å². The van der Waals surface area contributed by atoms with Gasteiger partial charge in [0.2, 0.25) is 0 Å². The second kappa shape index (κ2) is 3.71. The largest absolute Gasteiger partial charge is 0.478 e. The van der Waals surface area contributed by atoms with E-state index in [-0.39, 0.29) is 0 Å². The summed E-state index contributed by atoms with van der Waals surface area (Å²) in [6.07, 6.45) is 0. The Morgan fingerprint density at radius 1 is 1.50 bits per heavy atom. The molecule has 0 unspecified atom stereocenters. The van der Waals surface area contributed by atoms with Crippen molar-refractivity contribution in [2.24, 2.45) is 0 Å². The number of benzene rings is 1. The zero-order valence-electron chi connectivity index (χ0n) is 6.82. The van der Waals surface area contributed by atoms with E-state index in [4.69, 9.17) is 5.11 Å². The second-order valence-corrected chi connectivity index (χ2v) is 6.16. The van der Waals surface area contributed by atoms with Crippen LogP contribution in [0.4, 0.5) is 0 Å². The van der Waals surface area contributed by atoms with E-state index in [1.807, 2.05) is 6.07 Å². The van der Waals surface area contributed by atoms with Crippen LogP contribution in [0.1, 0.15) is 10.4 Å². The third-order valence-electron chi connectivity index (χ3n) is 1.86. The van der Waals surface area contributed by atoms with Crippen molar-refractivity contribution in [3.05, 3.63) is 26.6 Å². The Labute approximate surface area is 103 Å². The molecular weight excluding hydrogens is 331 g/mol. The summed E-state index contributed by atoms with van der Waals surface area (Å²) in [5.74, 6) is -0.891. The Morgan fingerprint density at radius 2 is 2.21 bits per heavy atom. The molecule has 0 fully saturated rings. The Kier molecular flexibility index (Phi) is 2.72. The van der Waals surface area contributed by atoms with Gasteiger partial charge in [0.15, 0.2) is 0 Å². The van der Waals surface area contributed by atoms with Gasteiger partial charge in [0.05, 0.1) is 8.45 Å². The molecule has 1 N–H and O–H groups in total. The van der Waals surface area contributed by atoms with Crippen LogP contribution >= 0.6 is 46.6 Å². The number of fused-ring (bicyclic) bond motifs is 1. The lowest BCUT2D eigenvalue weighted by Crippen LogP contribution is -1.95. The summed E-state index contributed by atoms with van der Waals surface area (Å²) >= 11 is 8.03. The fraction of sp³-hybridized carbons (Fsp3) is 0. The normalized spacial score (nSPS) is 10.7. The van der Waals surface area contributed by atoms with Crippen LogP contribution in [0.3, 0.4) is 0 Å². The van der Waals surface area contributed by atoms with E-state index in [0.717, 1.165) is 17.9 Å². The van der Waals surface area contributed by atoms with Gasteiger partial charge in [-0.15, -0.1) is 24.0 Å². The number of carboxylic acid groups (broad SMARTS) is 1. The molecule has 2 nitrogen and oxygen atoms in total. The number of carboxylic acids is 1. The van der Waals surface area contributed by atoms with E-state index in [0.29, 0.717) is 5.56 Å². The van der Waals surface area contributed by atoms with Crippen molar-refractivity contribution in [1.82, 2.24) is 0 Å². The number of hydrogen-bond acceptors (Lipinski definition) is 3. The molecule has 0 bridgehead atoms. The monoisotopic (exact) mass is 336 g/mol. The van der Waals surface area contributed by atoms with Crippen molar-refractivity contribution >= 4 is 62.6 Å². The first kappa shape index (κ1) is 10.3. The second-order valence-electron chi connectivity index (χ2n) is 2.73. The predicted octanol–water partition coefficient (Wildman–Crippen LogP) is 3.49. The maximum absolute atomic E-state index is 10.9. The number of hydrogen-bond donors (Lipinski definition) is 2. The van der Waals surface area contributed by atoms with Gasteiger partial charge in [0, 0.05) is 15.0 Å². The molecule has 0 spiro atoms. The summed E-state index contributed by atoms with van der Waals surface area (Å²) in [6.45, 7) is 0. The Bertz CT molecular complexity index is 519. The van der Waals surface area contributed by atoms with Crippen LogP contribution in [-0.2, 0) is 0 Å². The highest BCUT2D eigenvalue weighted by atomic mass is 127. The molecule has 72 valence electrons. The molecule has 14 heavy (non-hydrogen) atoms. The first-order valence-corrected chi connectivity index (χ1v) is 6.08. The standard InChI is InChI=1S/C9H5IO2S2/c10-7-3-5-4(9(11)12)1-2-6(13)8(5)14-7/h1-3,13H,(H,11,12). The molecule has 2 aromatic rings. The van der Waals surface area contributed by atoms with Crippen molar-refractivity contribution in [3.63, 3.8) is 0 Å². The van der Waals surface area contributed by atoms with Crippen molar-refractivity contribution < 1.29 is 9.90 Å². The summed E-state index contributed by atoms with van der Waals surface area (Å²) < 4.78 is 2.01. The smallest absolute Gasteiger partial charge is 0.336 e. The lowest BCUT2D eigenvalue weighted by Gasteiger charge is -1.98. The number of aromatic carboxylic acids is 1. The predicted molar refractivity (Wildman–Crippen MR) is 68.8 cm³/mol. The average Bonchev–Trinajstić information content (AvgIpc) is 2.47. The molecule has 0 amide bonds. The highest BCUT2D eigenvalue weighted by molar-refractivity contribution is 14.1. The van der Waals surface area contributed by atoms with Gasteiger partial charge in [-0.25, -0.2) is 4.79 Å². The topological polar surface area (TPSA) is 37.3 Å². The molecular formula is C9H5IO2S2. The minimum atomic E-state index is -0.891. The molecule has 0 saturated carbocycles. The summed E-state index contributed by atoms with van der Waals surface area (Å²) in [5.41, 5.74) is 0.344. The highest BCUT2D eigenvalue weighted by Gasteiger charge is 2.12. The Balaban J connectivity index is 2.87. The Morgan fingerprint density at radius 3 is 2.86 bits per heavy atom. The van der Waals surface area contributed by atoms with Crippen LogP contribution in [-0.4, -0.2) is 11.1 Å². The first-order valence-electron chi connectivity index (χ1n) is 3.74. The van der Waals surface area contributed by atoms with Crippen LogP contribution in [0, 0.1) is 2.88 Å². The fourth-order valence-electron chi connectivity index (χ4n) is 1.27. The van der Waals surface area contributed by atoms with E-state index in [2.05, 4.69) is 35.2 Å². The highest BCUT2D eigenvalue weighted by Crippen LogP contribution is 2.33. The van der Waals surface area contributed by atoms with Crippen molar-refractivity contribution in [3.8, 4) is 0 Å². The molecule has 1 heterocycles. The minimum Gasteiger partial charge on any atom is -0.478 e. The number of carbonyl (C=O) groups is 1. The van der Waals surface area contributed by atoms with Crippen LogP contribution < -0.4 is 0 Å². The van der Waals surface area contributed by atoms with Gasteiger partial charge < -0.3 is 5.11 Å². The third kappa shape index (κ3) is 1.64. The molecule has 1 aromatic carbocycles. The third-order valence-corrected chi connectivity index (χ3v) is 4.32. The lowest BCUT2D eigenvalue weighted by molar-refractivity contribution is 0.0699. The number of thiol groups is 1. The molecule has 0 aliphatic heterocycles. The van der Waals surface area contributed by atoms with Gasteiger partial charge in [-0.3, -0.25) is 0 Å². The maximum atomic E-state index is 10.9. The van der Waals surface area contributed by atoms with Crippen molar-refractivity contribution in [2.45, 2.75) is 4.90 Å². The zero-order chi connectivity index (χ0) is 10.3. The van der Waals surface area contributed by atoms with Crippen LogP contribution in [0.5, 0.6) is 0 Å². The first-order chi connectivity index (χ1) is 6.59. The molecule has 5 heteroatoms. The van der Waals surface area contributed by atoms with E-state index in [9.17, 15) is 4.79 Å². The average molecular weight is 336 g/mol. The molecule has 0 saturated heterocycles. The Hall–Kier alpha value is -0.270. The summed E-state index contributed by atoms with van der Waals surface area (Å²) in [7, 11) is 0. The number of rotatable bonds is 1. The molecule has 0 aliphatic rings. The molecule has 1 aromatic heterocycles. The van der Waals surface area contributed by atoms with E-state index in [1.54, 1.807) is 23.5 Å². The SMILES string of the molecule is O=C(O)c1ccc(S)c2sc(I)cc12. The lowest BCUT2D eigenvalue weighted by atomic mass is 10.1. The summed E-state index contributed by atoms with van der Waals surface area (Å²) in [4.78, 5) is 11.7. The van der Waals surface area contributed by atoms with Crippen LogP contribution in [0.25, 0.3) is 10.1 Å². The quantitative estimate of drug-likeness (QED) is 0.618. The van der Waals surface area contributed by atoms with Gasteiger partial charge >= 0.3 is 5.97 Å².